The number of para-hydroxylation sites is 1. The third-order valence-electron chi connectivity index (χ3n) is 2.65. The number of phenols is 1. The molecule has 1 aromatic heterocycles. The van der Waals surface area contributed by atoms with Crippen molar-refractivity contribution in [3.8, 4) is 17.0 Å². The Morgan fingerprint density at radius 2 is 2.26 bits per heavy atom. The summed E-state index contributed by atoms with van der Waals surface area (Å²) in [6.45, 7) is 4.00. The zero-order valence-electron chi connectivity index (χ0n) is 10.8. The van der Waals surface area contributed by atoms with Crippen LogP contribution in [0.5, 0.6) is 5.75 Å². The summed E-state index contributed by atoms with van der Waals surface area (Å²) in [6.07, 6.45) is 0.0661. The Labute approximate surface area is 115 Å². The van der Waals surface area contributed by atoms with E-state index in [9.17, 15) is 9.90 Å². The smallest absolute Gasteiger partial charge is 0.310 e. The van der Waals surface area contributed by atoms with Gasteiger partial charge in [-0.1, -0.05) is 12.1 Å². The molecule has 5 heteroatoms. The molecule has 0 aliphatic rings. The van der Waals surface area contributed by atoms with Gasteiger partial charge in [0.1, 0.15) is 5.75 Å². The first-order chi connectivity index (χ1) is 9.11. The van der Waals surface area contributed by atoms with E-state index >= 15 is 0 Å². The Morgan fingerprint density at radius 3 is 2.89 bits per heavy atom. The van der Waals surface area contributed by atoms with Gasteiger partial charge in [-0.3, -0.25) is 4.79 Å². The molecule has 0 saturated carbocycles. The molecule has 100 valence electrons. The lowest BCUT2D eigenvalue weighted by molar-refractivity contribution is -0.142. The Morgan fingerprint density at radius 1 is 1.47 bits per heavy atom. The first-order valence-corrected chi connectivity index (χ1v) is 6.88. The first-order valence-electron chi connectivity index (χ1n) is 6.00. The quantitative estimate of drug-likeness (QED) is 0.873. The van der Waals surface area contributed by atoms with Crippen molar-refractivity contribution in [3.05, 3.63) is 34.2 Å². The lowest BCUT2D eigenvalue weighted by Crippen LogP contribution is -2.07. The topological polar surface area (TPSA) is 59.4 Å². The molecule has 0 unspecified atom stereocenters. The number of aromatic hydroxyl groups is 1. The van der Waals surface area contributed by atoms with Gasteiger partial charge >= 0.3 is 5.97 Å². The maximum absolute atomic E-state index is 11.5. The number of carbonyl (C=O) groups excluding carboxylic acids is 1. The molecule has 2 aromatic rings. The van der Waals surface area contributed by atoms with Crippen LogP contribution in [-0.2, 0) is 16.0 Å². The average molecular weight is 277 g/mol. The SMILES string of the molecule is CCOC(=O)Cc1cccc(-c2csc(C)n2)c1O. The summed E-state index contributed by atoms with van der Waals surface area (Å²) in [5.41, 5.74) is 1.93. The number of thiazole rings is 1. The van der Waals surface area contributed by atoms with E-state index in [-0.39, 0.29) is 18.1 Å². The van der Waals surface area contributed by atoms with E-state index in [1.165, 1.54) is 11.3 Å². The number of rotatable bonds is 4. The van der Waals surface area contributed by atoms with Crippen LogP contribution in [0, 0.1) is 6.92 Å². The molecule has 1 N–H and O–H groups in total. The van der Waals surface area contributed by atoms with Gasteiger partial charge in [-0.15, -0.1) is 11.3 Å². The number of aryl methyl sites for hydroxylation is 1. The summed E-state index contributed by atoms with van der Waals surface area (Å²) in [6, 6.07) is 5.31. The number of hydrogen-bond acceptors (Lipinski definition) is 5. The number of nitrogens with zero attached hydrogens (tertiary/aromatic N) is 1. The van der Waals surface area contributed by atoms with Crippen LogP contribution in [0.25, 0.3) is 11.3 Å². The summed E-state index contributed by atoms with van der Waals surface area (Å²) in [5, 5.41) is 13.0. The second-order valence-electron chi connectivity index (χ2n) is 4.05. The van der Waals surface area contributed by atoms with Crippen LogP contribution in [0.4, 0.5) is 0 Å². The number of carbonyl (C=O) groups is 1. The number of hydrogen-bond donors (Lipinski definition) is 1. The molecule has 19 heavy (non-hydrogen) atoms. The van der Waals surface area contributed by atoms with Crippen LogP contribution in [0.3, 0.4) is 0 Å². The van der Waals surface area contributed by atoms with Crippen LogP contribution in [0.1, 0.15) is 17.5 Å². The molecule has 2 rings (SSSR count). The van der Waals surface area contributed by atoms with Crippen molar-refractivity contribution in [3.63, 3.8) is 0 Å². The molecular weight excluding hydrogens is 262 g/mol. The van der Waals surface area contributed by atoms with Crippen molar-refractivity contribution in [2.24, 2.45) is 0 Å². The van der Waals surface area contributed by atoms with E-state index in [0.29, 0.717) is 17.7 Å². The molecule has 1 heterocycles. The number of phenolic OH excluding ortho intramolecular Hbond substituents is 1. The highest BCUT2D eigenvalue weighted by Gasteiger charge is 2.14. The van der Waals surface area contributed by atoms with Crippen molar-refractivity contribution < 1.29 is 14.6 Å². The Kier molecular flexibility index (Phi) is 4.16. The Bertz CT molecular complexity index is 592. The fourth-order valence-electron chi connectivity index (χ4n) is 1.80. The number of esters is 1. The average Bonchev–Trinajstić information content (AvgIpc) is 2.79. The minimum absolute atomic E-state index is 0.0661. The molecule has 0 atom stereocenters. The Hall–Kier alpha value is -1.88. The van der Waals surface area contributed by atoms with E-state index in [0.717, 1.165) is 10.7 Å². The van der Waals surface area contributed by atoms with Gasteiger partial charge in [0.15, 0.2) is 0 Å². The lowest BCUT2D eigenvalue weighted by Gasteiger charge is -2.08. The molecule has 0 saturated heterocycles. The summed E-state index contributed by atoms with van der Waals surface area (Å²) in [5.74, 6) is -0.245. The molecule has 0 aliphatic carbocycles. The van der Waals surface area contributed by atoms with Gasteiger partial charge in [0.2, 0.25) is 0 Å². The maximum Gasteiger partial charge on any atom is 0.310 e. The third kappa shape index (κ3) is 3.12. The Balaban J connectivity index is 2.30. The third-order valence-corrected chi connectivity index (χ3v) is 3.43. The van der Waals surface area contributed by atoms with Crippen molar-refractivity contribution in [1.82, 2.24) is 4.98 Å². The maximum atomic E-state index is 11.5. The van der Waals surface area contributed by atoms with E-state index in [2.05, 4.69) is 4.98 Å². The molecule has 0 spiro atoms. The van der Waals surface area contributed by atoms with Gasteiger partial charge in [0.05, 0.1) is 23.7 Å². The summed E-state index contributed by atoms with van der Waals surface area (Å²) in [7, 11) is 0. The number of benzene rings is 1. The van der Waals surface area contributed by atoms with Gasteiger partial charge in [0, 0.05) is 16.5 Å². The fraction of sp³-hybridized carbons (Fsp3) is 0.286. The van der Waals surface area contributed by atoms with Crippen molar-refractivity contribution in [2.45, 2.75) is 20.3 Å². The van der Waals surface area contributed by atoms with Crippen LogP contribution >= 0.6 is 11.3 Å². The van der Waals surface area contributed by atoms with Crippen LogP contribution in [0.15, 0.2) is 23.6 Å². The summed E-state index contributed by atoms with van der Waals surface area (Å²) in [4.78, 5) is 15.8. The predicted octanol–water partition coefficient (Wildman–Crippen LogP) is 2.93. The van der Waals surface area contributed by atoms with Crippen LogP contribution < -0.4 is 0 Å². The molecule has 0 aliphatic heterocycles. The molecule has 0 fully saturated rings. The molecular formula is C14H15NO3S. The highest BCUT2D eigenvalue weighted by molar-refractivity contribution is 7.09. The minimum Gasteiger partial charge on any atom is -0.507 e. The van der Waals surface area contributed by atoms with Crippen molar-refractivity contribution in [1.29, 1.82) is 0 Å². The van der Waals surface area contributed by atoms with Gasteiger partial charge in [0.25, 0.3) is 0 Å². The zero-order chi connectivity index (χ0) is 13.8. The summed E-state index contributed by atoms with van der Waals surface area (Å²) < 4.78 is 4.89. The fourth-order valence-corrected chi connectivity index (χ4v) is 2.41. The van der Waals surface area contributed by atoms with E-state index < -0.39 is 0 Å². The van der Waals surface area contributed by atoms with E-state index in [4.69, 9.17) is 4.74 Å². The van der Waals surface area contributed by atoms with Gasteiger partial charge in [-0.2, -0.15) is 0 Å². The van der Waals surface area contributed by atoms with Gasteiger partial charge < -0.3 is 9.84 Å². The molecule has 1 aromatic carbocycles. The highest BCUT2D eigenvalue weighted by atomic mass is 32.1. The zero-order valence-corrected chi connectivity index (χ0v) is 11.7. The van der Waals surface area contributed by atoms with Crippen molar-refractivity contribution in [2.75, 3.05) is 6.61 Å². The van der Waals surface area contributed by atoms with Crippen LogP contribution in [-0.4, -0.2) is 22.7 Å². The standard InChI is InChI=1S/C14H15NO3S/c1-3-18-13(16)7-10-5-4-6-11(14(10)17)12-8-19-9(2)15-12/h4-6,8,17H,3,7H2,1-2H3. The van der Waals surface area contributed by atoms with Crippen molar-refractivity contribution >= 4 is 17.3 Å². The largest absolute Gasteiger partial charge is 0.507 e. The first kappa shape index (κ1) is 13.5. The normalized spacial score (nSPS) is 10.4. The minimum atomic E-state index is -0.343. The van der Waals surface area contributed by atoms with Crippen LogP contribution in [0.2, 0.25) is 0 Å². The highest BCUT2D eigenvalue weighted by Crippen LogP contribution is 2.33. The molecule has 0 amide bonds. The monoisotopic (exact) mass is 277 g/mol. The second-order valence-corrected chi connectivity index (χ2v) is 5.11. The molecule has 0 bridgehead atoms. The van der Waals surface area contributed by atoms with Gasteiger partial charge in [-0.25, -0.2) is 4.98 Å². The molecule has 0 radical (unpaired) electrons. The number of aromatic nitrogens is 1. The number of ether oxygens (including phenoxy) is 1. The predicted molar refractivity (Wildman–Crippen MR) is 74.3 cm³/mol. The van der Waals surface area contributed by atoms with E-state index in [1.807, 2.05) is 12.3 Å². The molecule has 4 nitrogen and oxygen atoms in total. The lowest BCUT2D eigenvalue weighted by atomic mass is 10.0. The second kappa shape index (κ2) is 5.84. The van der Waals surface area contributed by atoms with E-state index in [1.54, 1.807) is 25.1 Å². The van der Waals surface area contributed by atoms with Gasteiger partial charge in [-0.05, 0) is 19.9 Å². The summed E-state index contributed by atoms with van der Waals surface area (Å²) >= 11 is 1.52.